The lowest BCUT2D eigenvalue weighted by molar-refractivity contribution is -0.128. The Morgan fingerprint density at radius 2 is 2.11 bits per heavy atom. The van der Waals surface area contributed by atoms with Crippen LogP contribution in [0.4, 0.5) is 0 Å². The molecule has 0 saturated carbocycles. The van der Waals surface area contributed by atoms with Crippen LogP contribution in [0.5, 0.6) is 0 Å². The van der Waals surface area contributed by atoms with Crippen molar-refractivity contribution < 1.29 is 17.9 Å². The molecule has 0 aromatic carbocycles. The van der Waals surface area contributed by atoms with Gasteiger partial charge >= 0.3 is 0 Å². The molecule has 2 aliphatic heterocycles. The van der Waals surface area contributed by atoms with Crippen LogP contribution in [0.2, 0.25) is 0 Å². The van der Waals surface area contributed by atoms with Crippen molar-refractivity contribution in [2.24, 2.45) is 5.92 Å². The Morgan fingerprint density at radius 1 is 1.29 bits per heavy atom. The summed E-state index contributed by atoms with van der Waals surface area (Å²) >= 11 is 0. The van der Waals surface area contributed by atoms with E-state index in [0.29, 0.717) is 32.0 Å². The van der Waals surface area contributed by atoms with Crippen molar-refractivity contribution in [2.45, 2.75) is 50.9 Å². The normalized spacial score (nSPS) is 21.6. The number of amides is 1. The molecule has 1 amide bonds. The van der Waals surface area contributed by atoms with Gasteiger partial charge in [-0.15, -0.1) is 0 Å². The van der Waals surface area contributed by atoms with E-state index in [0.717, 1.165) is 51.1 Å². The Hall–Kier alpha value is -1.45. The molecule has 28 heavy (non-hydrogen) atoms. The molecule has 2 fully saturated rings. The fourth-order valence-corrected chi connectivity index (χ4v) is 5.21. The van der Waals surface area contributed by atoms with E-state index in [1.165, 1.54) is 0 Å². The molecular weight excluding hydrogens is 380 g/mol. The zero-order valence-corrected chi connectivity index (χ0v) is 17.8. The maximum Gasteiger partial charge on any atom is 0.227 e. The van der Waals surface area contributed by atoms with Gasteiger partial charge in [-0.2, -0.15) is 0 Å². The summed E-state index contributed by atoms with van der Waals surface area (Å²) in [5.74, 6) is 0.792. The number of rotatable bonds is 9. The summed E-state index contributed by atoms with van der Waals surface area (Å²) in [6.45, 7) is 6.85. The third kappa shape index (κ3) is 4.93. The molecule has 0 N–H and O–H groups in total. The highest BCUT2D eigenvalue weighted by Gasteiger charge is 2.28. The van der Waals surface area contributed by atoms with E-state index in [9.17, 15) is 13.2 Å². The molecule has 0 bridgehead atoms. The van der Waals surface area contributed by atoms with E-state index >= 15 is 0 Å². The topological polar surface area (TPSA) is 84.7 Å². The van der Waals surface area contributed by atoms with Gasteiger partial charge in [0.05, 0.1) is 24.3 Å². The zero-order valence-electron chi connectivity index (χ0n) is 17.0. The van der Waals surface area contributed by atoms with Crippen LogP contribution in [0.1, 0.15) is 38.3 Å². The van der Waals surface area contributed by atoms with E-state index in [-0.39, 0.29) is 16.8 Å². The number of carbonyl (C=O) groups is 1. The molecular formula is C19H32N4O4S. The molecule has 158 valence electrons. The predicted molar refractivity (Wildman–Crippen MR) is 106 cm³/mol. The minimum Gasteiger partial charge on any atom is -0.383 e. The molecule has 8 nitrogen and oxygen atoms in total. The molecule has 3 heterocycles. The average Bonchev–Trinajstić information content (AvgIpc) is 3.27. The number of sulfone groups is 1. The number of carbonyl (C=O) groups excluding carboxylic acids is 1. The molecule has 1 aromatic rings. The van der Waals surface area contributed by atoms with Crippen LogP contribution in [-0.2, 0) is 32.5 Å². The van der Waals surface area contributed by atoms with Crippen LogP contribution in [0, 0.1) is 5.92 Å². The first kappa shape index (κ1) is 21.3. The van der Waals surface area contributed by atoms with Crippen LogP contribution < -0.4 is 0 Å². The van der Waals surface area contributed by atoms with Crippen molar-refractivity contribution in [3.05, 3.63) is 11.9 Å². The maximum atomic E-state index is 12.4. The number of hydrogen-bond acceptors (Lipinski definition) is 6. The Balaban J connectivity index is 1.69. The minimum absolute atomic E-state index is 0.0338. The number of ether oxygens (including phenoxy) is 1. The number of aromatic nitrogens is 2. The fraction of sp³-hybridized carbons (Fsp3) is 0.789. The summed E-state index contributed by atoms with van der Waals surface area (Å²) in [7, 11) is -1.77. The lowest BCUT2D eigenvalue weighted by Crippen LogP contribution is -2.41. The second-order valence-electron chi connectivity index (χ2n) is 7.77. The van der Waals surface area contributed by atoms with Gasteiger partial charge in [-0.25, -0.2) is 13.4 Å². The molecule has 1 aromatic heterocycles. The lowest BCUT2D eigenvalue weighted by Gasteiger charge is -2.34. The van der Waals surface area contributed by atoms with Crippen LogP contribution in [0.3, 0.4) is 0 Å². The molecule has 0 spiro atoms. The molecule has 2 aliphatic rings. The van der Waals surface area contributed by atoms with Gasteiger partial charge < -0.3 is 14.2 Å². The van der Waals surface area contributed by atoms with Gasteiger partial charge in [-0.3, -0.25) is 9.69 Å². The smallest absolute Gasteiger partial charge is 0.227 e. The second kappa shape index (κ2) is 9.37. The zero-order chi connectivity index (χ0) is 20.1. The van der Waals surface area contributed by atoms with E-state index in [1.54, 1.807) is 24.8 Å². The van der Waals surface area contributed by atoms with E-state index in [1.807, 2.05) is 4.90 Å². The number of imidazole rings is 1. The predicted octanol–water partition coefficient (Wildman–Crippen LogP) is 1.16. The summed E-state index contributed by atoms with van der Waals surface area (Å²) in [6.07, 6.45) is 5.58. The van der Waals surface area contributed by atoms with Gasteiger partial charge in [0.2, 0.25) is 20.9 Å². The average molecular weight is 413 g/mol. The van der Waals surface area contributed by atoms with Crippen molar-refractivity contribution in [1.82, 2.24) is 19.4 Å². The summed E-state index contributed by atoms with van der Waals surface area (Å²) in [4.78, 5) is 20.5. The minimum atomic E-state index is -3.38. The molecule has 2 saturated heterocycles. The summed E-state index contributed by atoms with van der Waals surface area (Å²) in [6, 6.07) is 0. The third-order valence-electron chi connectivity index (χ3n) is 5.72. The summed E-state index contributed by atoms with van der Waals surface area (Å²) in [5.41, 5.74) is 0.905. The molecule has 0 radical (unpaired) electrons. The molecule has 1 atom stereocenters. The van der Waals surface area contributed by atoms with E-state index < -0.39 is 9.84 Å². The molecule has 9 heteroatoms. The van der Waals surface area contributed by atoms with Gasteiger partial charge in [-0.1, -0.05) is 6.92 Å². The lowest BCUT2D eigenvalue weighted by atomic mass is 9.97. The standard InChI is InChI=1S/C19H32N4O4S/c1-3-28(25,26)19-20-12-17(23(19)10-11-27-2)15-21-8-4-6-16(13-21)14-22-9-5-7-18(22)24/h12,16H,3-11,13-15H2,1-2H3/t16-/m0/s1. The van der Waals surface area contributed by atoms with E-state index in [4.69, 9.17) is 4.74 Å². The van der Waals surface area contributed by atoms with Crippen LogP contribution in [0.15, 0.2) is 11.4 Å². The molecule has 0 unspecified atom stereocenters. The first-order valence-corrected chi connectivity index (χ1v) is 11.9. The van der Waals surface area contributed by atoms with Crippen molar-refractivity contribution in [2.75, 3.05) is 45.6 Å². The Bertz CT molecular complexity index is 777. The van der Waals surface area contributed by atoms with Gasteiger partial charge in [-0.05, 0) is 31.7 Å². The van der Waals surface area contributed by atoms with Gasteiger partial charge in [0.25, 0.3) is 0 Å². The summed E-state index contributed by atoms with van der Waals surface area (Å²) in [5, 5.41) is 0.137. The SMILES string of the molecule is CCS(=O)(=O)c1ncc(CN2CCC[C@H](CN3CCCC3=O)C2)n1CCOC. The van der Waals surface area contributed by atoms with Crippen molar-refractivity contribution in [1.29, 1.82) is 0 Å². The van der Waals surface area contributed by atoms with Crippen LogP contribution >= 0.6 is 0 Å². The van der Waals surface area contributed by atoms with Crippen molar-refractivity contribution >= 4 is 15.7 Å². The van der Waals surface area contributed by atoms with Crippen molar-refractivity contribution in [3.63, 3.8) is 0 Å². The molecule has 0 aliphatic carbocycles. The largest absolute Gasteiger partial charge is 0.383 e. The fourth-order valence-electron chi connectivity index (χ4n) is 4.20. The highest BCUT2D eigenvalue weighted by Crippen LogP contribution is 2.23. The highest BCUT2D eigenvalue weighted by molar-refractivity contribution is 7.91. The highest BCUT2D eigenvalue weighted by atomic mass is 32.2. The Morgan fingerprint density at radius 3 is 2.79 bits per heavy atom. The quantitative estimate of drug-likeness (QED) is 0.605. The van der Waals surface area contributed by atoms with Crippen LogP contribution in [0.25, 0.3) is 0 Å². The number of hydrogen-bond donors (Lipinski definition) is 0. The number of methoxy groups -OCH3 is 1. The summed E-state index contributed by atoms with van der Waals surface area (Å²) < 4.78 is 31.7. The van der Waals surface area contributed by atoms with Crippen LogP contribution in [-0.4, -0.2) is 79.3 Å². The number of nitrogens with zero attached hydrogens (tertiary/aromatic N) is 4. The third-order valence-corrected chi connectivity index (χ3v) is 7.36. The first-order valence-electron chi connectivity index (χ1n) is 10.2. The van der Waals surface area contributed by atoms with Gasteiger partial charge in [0.15, 0.2) is 0 Å². The second-order valence-corrected chi connectivity index (χ2v) is 9.94. The van der Waals surface area contributed by atoms with Gasteiger partial charge in [0.1, 0.15) is 0 Å². The Labute approximate surface area is 167 Å². The van der Waals surface area contributed by atoms with E-state index in [2.05, 4.69) is 9.88 Å². The van der Waals surface area contributed by atoms with Crippen molar-refractivity contribution in [3.8, 4) is 0 Å². The molecule has 3 rings (SSSR count). The maximum absolute atomic E-state index is 12.4. The number of piperidine rings is 1. The monoisotopic (exact) mass is 412 g/mol. The number of likely N-dealkylation sites (tertiary alicyclic amines) is 2. The Kier molecular flexibility index (Phi) is 7.11. The van der Waals surface area contributed by atoms with Gasteiger partial charge in [0, 0.05) is 46.3 Å². The first-order chi connectivity index (χ1) is 13.4.